The molecule has 12 nitrogen and oxygen atoms in total. The summed E-state index contributed by atoms with van der Waals surface area (Å²) in [4.78, 5) is 48.7. The number of thiol groups is 2. The van der Waals surface area contributed by atoms with Crippen LogP contribution >= 0.6 is 25.3 Å². The Bertz CT molecular complexity index is 548. The van der Waals surface area contributed by atoms with E-state index in [4.69, 9.17) is 35.7 Å². The first kappa shape index (κ1) is 54.4. The van der Waals surface area contributed by atoms with Crippen molar-refractivity contribution >= 4 is 55.1 Å². The molecular formula is C30H62O12S2. The summed E-state index contributed by atoms with van der Waals surface area (Å²) in [6.45, 7) is 6.20. The molecule has 44 heavy (non-hydrogen) atoms. The Kier molecular flexibility index (Phi) is 66.2. The standard InChI is InChI=1S/3C8H16O2.2C2H4O2S.C2H6O2/c3*1-2-3-4-5-6-7-8(9)10;2*3-2(4)1-5;3-1-2-4/h3*2-7H2,1H3,(H,9,10);2*5H,1H2,(H,3,4);3-4H,1-2H2. The normalized spacial score (nSPS) is 8.98. The fourth-order valence-corrected chi connectivity index (χ4v) is 2.64. The summed E-state index contributed by atoms with van der Waals surface area (Å²) in [6.07, 6.45) is 17.7. The Hall–Kier alpha value is -2.03. The van der Waals surface area contributed by atoms with Crippen molar-refractivity contribution in [3.05, 3.63) is 0 Å². The maximum absolute atomic E-state index is 10.0. The molecule has 0 saturated heterocycles. The van der Waals surface area contributed by atoms with Crippen LogP contribution in [0.4, 0.5) is 0 Å². The third kappa shape index (κ3) is 106. The minimum Gasteiger partial charge on any atom is -0.481 e. The summed E-state index contributed by atoms with van der Waals surface area (Å²) in [6, 6.07) is 0. The number of aliphatic carboxylic acids is 5. The second-order valence-electron chi connectivity index (χ2n) is 9.22. The van der Waals surface area contributed by atoms with Crippen LogP contribution in [0.25, 0.3) is 0 Å². The number of unbranched alkanes of at least 4 members (excludes halogenated alkanes) is 12. The predicted molar refractivity (Wildman–Crippen MR) is 180 cm³/mol. The van der Waals surface area contributed by atoms with Crippen molar-refractivity contribution in [3.8, 4) is 0 Å². The second-order valence-corrected chi connectivity index (χ2v) is 9.86. The molecule has 0 aliphatic heterocycles. The topological polar surface area (TPSA) is 227 Å². The number of aliphatic hydroxyl groups excluding tert-OH is 2. The molecule has 0 aromatic heterocycles. The number of hydrogen-bond acceptors (Lipinski definition) is 9. The van der Waals surface area contributed by atoms with Gasteiger partial charge in [-0.2, -0.15) is 25.3 Å². The van der Waals surface area contributed by atoms with E-state index in [1.165, 1.54) is 57.8 Å². The van der Waals surface area contributed by atoms with Gasteiger partial charge in [-0.3, -0.25) is 24.0 Å². The Morgan fingerprint density at radius 1 is 0.386 bits per heavy atom. The highest BCUT2D eigenvalue weighted by atomic mass is 32.1. The van der Waals surface area contributed by atoms with Crippen molar-refractivity contribution < 1.29 is 59.7 Å². The lowest BCUT2D eigenvalue weighted by atomic mass is 10.1. The fourth-order valence-electron chi connectivity index (χ4n) is 2.64. The molecule has 0 saturated carbocycles. The fraction of sp³-hybridized carbons (Fsp3) is 0.833. The van der Waals surface area contributed by atoms with Crippen LogP contribution in [0, 0.1) is 0 Å². The van der Waals surface area contributed by atoms with Crippen molar-refractivity contribution in [2.75, 3.05) is 24.7 Å². The Labute approximate surface area is 275 Å². The molecule has 0 aliphatic carbocycles. The quantitative estimate of drug-likeness (QED) is 0.0484. The largest absolute Gasteiger partial charge is 0.481 e. The second kappa shape index (κ2) is 53.5. The van der Waals surface area contributed by atoms with Gasteiger partial charge in [0, 0.05) is 19.3 Å². The summed E-state index contributed by atoms with van der Waals surface area (Å²) in [5, 5.41) is 55.4. The van der Waals surface area contributed by atoms with Gasteiger partial charge in [0.2, 0.25) is 0 Å². The van der Waals surface area contributed by atoms with Crippen LogP contribution in [0.3, 0.4) is 0 Å². The molecule has 0 heterocycles. The average Bonchev–Trinajstić information content (AvgIpc) is 2.97. The Morgan fingerprint density at radius 2 is 0.568 bits per heavy atom. The van der Waals surface area contributed by atoms with Crippen LogP contribution in [-0.4, -0.2) is 90.3 Å². The molecule has 14 heteroatoms. The van der Waals surface area contributed by atoms with E-state index in [-0.39, 0.29) is 24.7 Å². The summed E-state index contributed by atoms with van der Waals surface area (Å²) in [5.41, 5.74) is 0. The van der Waals surface area contributed by atoms with Crippen molar-refractivity contribution in [3.63, 3.8) is 0 Å². The molecule has 0 atom stereocenters. The summed E-state index contributed by atoms with van der Waals surface area (Å²) >= 11 is 6.83. The molecule has 0 spiro atoms. The van der Waals surface area contributed by atoms with Crippen molar-refractivity contribution in [2.45, 2.75) is 136 Å². The van der Waals surface area contributed by atoms with E-state index in [1.54, 1.807) is 0 Å². The van der Waals surface area contributed by atoms with Crippen LogP contribution in [0.2, 0.25) is 0 Å². The first-order valence-corrected chi connectivity index (χ1v) is 16.6. The highest BCUT2D eigenvalue weighted by Crippen LogP contribution is 2.05. The van der Waals surface area contributed by atoms with Gasteiger partial charge in [0.25, 0.3) is 0 Å². The molecular weight excluding hydrogens is 616 g/mol. The molecule has 266 valence electrons. The number of aliphatic hydroxyl groups is 2. The van der Waals surface area contributed by atoms with Gasteiger partial charge in [0.1, 0.15) is 0 Å². The zero-order valence-electron chi connectivity index (χ0n) is 27.1. The molecule has 0 rings (SSSR count). The molecule has 0 radical (unpaired) electrons. The van der Waals surface area contributed by atoms with E-state index >= 15 is 0 Å². The van der Waals surface area contributed by atoms with Crippen LogP contribution in [-0.2, 0) is 24.0 Å². The van der Waals surface area contributed by atoms with Crippen LogP contribution in [0.15, 0.2) is 0 Å². The van der Waals surface area contributed by atoms with Crippen molar-refractivity contribution in [1.29, 1.82) is 0 Å². The Morgan fingerprint density at radius 3 is 0.682 bits per heavy atom. The molecule has 0 aromatic rings. The zero-order chi connectivity index (χ0) is 35.4. The summed E-state index contributed by atoms with van der Waals surface area (Å²) < 4.78 is 0. The minimum atomic E-state index is -0.881. The molecule has 7 N–H and O–H groups in total. The van der Waals surface area contributed by atoms with Crippen molar-refractivity contribution in [2.24, 2.45) is 0 Å². The van der Waals surface area contributed by atoms with E-state index in [1.807, 2.05) is 0 Å². The third-order valence-corrected chi connectivity index (χ3v) is 5.39. The van der Waals surface area contributed by atoms with Gasteiger partial charge in [0.05, 0.1) is 24.7 Å². The highest BCUT2D eigenvalue weighted by molar-refractivity contribution is 7.81. The summed E-state index contributed by atoms with van der Waals surface area (Å²) in [7, 11) is 0. The molecule has 0 unspecified atom stereocenters. The van der Waals surface area contributed by atoms with E-state index in [2.05, 4.69) is 46.0 Å². The molecule has 0 aliphatic rings. The van der Waals surface area contributed by atoms with E-state index < -0.39 is 29.8 Å². The van der Waals surface area contributed by atoms with Crippen molar-refractivity contribution in [1.82, 2.24) is 0 Å². The van der Waals surface area contributed by atoms with Gasteiger partial charge >= 0.3 is 29.8 Å². The van der Waals surface area contributed by atoms with Gasteiger partial charge in [-0.1, -0.05) is 97.8 Å². The lowest BCUT2D eigenvalue weighted by molar-refractivity contribution is -0.138. The van der Waals surface area contributed by atoms with Gasteiger partial charge in [-0.05, 0) is 19.3 Å². The van der Waals surface area contributed by atoms with E-state index in [9.17, 15) is 24.0 Å². The maximum atomic E-state index is 10.0. The first-order valence-electron chi connectivity index (χ1n) is 15.3. The van der Waals surface area contributed by atoms with Gasteiger partial charge in [0.15, 0.2) is 0 Å². The zero-order valence-corrected chi connectivity index (χ0v) is 28.9. The van der Waals surface area contributed by atoms with E-state index in [0.717, 1.165) is 38.5 Å². The SMILES string of the molecule is CCCCCCCC(=O)O.CCCCCCCC(=O)O.CCCCCCCC(=O)O.O=C(O)CS.O=C(O)CS.OCCO. The van der Waals surface area contributed by atoms with Crippen LogP contribution < -0.4 is 0 Å². The predicted octanol–water partition coefficient (Wildman–Crippen LogP) is 6.27. The lowest BCUT2D eigenvalue weighted by Crippen LogP contribution is -1.93. The van der Waals surface area contributed by atoms with Gasteiger partial charge in [-0.25, -0.2) is 0 Å². The number of carboxylic acids is 5. The number of hydrogen-bond donors (Lipinski definition) is 9. The monoisotopic (exact) mass is 678 g/mol. The van der Waals surface area contributed by atoms with E-state index in [0.29, 0.717) is 19.3 Å². The average molecular weight is 679 g/mol. The molecule has 0 bridgehead atoms. The maximum Gasteiger partial charge on any atom is 0.313 e. The molecule has 0 fully saturated rings. The number of carboxylic acid groups (broad SMARTS) is 5. The van der Waals surface area contributed by atoms with Gasteiger partial charge < -0.3 is 35.7 Å². The minimum absolute atomic E-state index is 0.0833. The lowest BCUT2D eigenvalue weighted by Gasteiger charge is -1.95. The molecule has 0 amide bonds. The number of rotatable bonds is 21. The first-order chi connectivity index (χ1) is 20.8. The third-order valence-electron chi connectivity index (χ3n) is 4.85. The Balaban J connectivity index is -0.000000102. The van der Waals surface area contributed by atoms with Crippen LogP contribution in [0.1, 0.15) is 136 Å². The summed E-state index contributed by atoms with van der Waals surface area (Å²) in [5.74, 6) is -3.94. The molecule has 0 aromatic carbocycles. The highest BCUT2D eigenvalue weighted by Gasteiger charge is 1.96. The number of carbonyl (C=O) groups is 5. The van der Waals surface area contributed by atoms with Gasteiger partial charge in [-0.15, -0.1) is 0 Å². The van der Waals surface area contributed by atoms with Crippen LogP contribution in [0.5, 0.6) is 0 Å². The smallest absolute Gasteiger partial charge is 0.313 e.